The highest BCUT2D eigenvalue weighted by Crippen LogP contribution is 2.24. The molecular weight excluding hydrogens is 136 g/mol. The third kappa shape index (κ3) is 5.25. The summed E-state index contributed by atoms with van der Waals surface area (Å²) in [5.41, 5.74) is 0. The van der Waals surface area contributed by atoms with Gasteiger partial charge in [0, 0.05) is 13.2 Å². The van der Waals surface area contributed by atoms with Crippen molar-refractivity contribution in [1.82, 2.24) is 0 Å². The van der Waals surface area contributed by atoms with Gasteiger partial charge in [0.05, 0.1) is 0 Å². The Balaban J connectivity index is 0.000000461. The quantitative estimate of drug-likeness (QED) is 0.612. The van der Waals surface area contributed by atoms with Gasteiger partial charge in [0.2, 0.25) is 0 Å². The smallest absolute Gasteiger partial charge is 0.0494 e. The largest absolute Gasteiger partial charge is 0.381 e. The third-order valence-electron chi connectivity index (χ3n) is 2.03. The Kier molecular flexibility index (Phi) is 8.03. The minimum absolute atomic E-state index is 0.885. The fourth-order valence-electron chi connectivity index (χ4n) is 1.46. The molecule has 1 nitrogen and oxygen atoms in total. The molecule has 0 amide bonds. The van der Waals surface area contributed by atoms with Crippen LogP contribution in [0.3, 0.4) is 0 Å². The van der Waals surface area contributed by atoms with Crippen LogP contribution in [0, 0.1) is 5.92 Å². The van der Waals surface area contributed by atoms with E-state index in [4.69, 9.17) is 4.74 Å². The lowest BCUT2D eigenvalue weighted by atomic mass is 10.1. The first-order valence-electron chi connectivity index (χ1n) is 5.01. The maximum Gasteiger partial charge on any atom is 0.0494 e. The first kappa shape index (κ1) is 11.0. The molecule has 0 atom stereocenters. The van der Waals surface area contributed by atoms with Gasteiger partial charge in [0.15, 0.2) is 0 Å². The summed E-state index contributed by atoms with van der Waals surface area (Å²) in [7, 11) is 0. The lowest BCUT2D eigenvalue weighted by Crippen LogP contribution is -2.04. The predicted octanol–water partition coefficient (Wildman–Crippen LogP) is 3.24. The molecule has 0 unspecified atom stereocenters. The monoisotopic (exact) mass is 158 g/mol. The zero-order valence-electron chi connectivity index (χ0n) is 8.23. The highest BCUT2D eigenvalue weighted by Gasteiger charge is 2.13. The molecule has 68 valence electrons. The van der Waals surface area contributed by atoms with Gasteiger partial charge >= 0.3 is 0 Å². The molecule has 1 aliphatic rings. The van der Waals surface area contributed by atoms with Crippen molar-refractivity contribution in [1.29, 1.82) is 0 Å². The highest BCUT2D eigenvalue weighted by atomic mass is 16.5. The van der Waals surface area contributed by atoms with Crippen molar-refractivity contribution < 1.29 is 4.74 Å². The van der Waals surface area contributed by atoms with E-state index in [0.29, 0.717) is 0 Å². The summed E-state index contributed by atoms with van der Waals surface area (Å²) >= 11 is 0. The summed E-state index contributed by atoms with van der Waals surface area (Å²) in [5, 5.41) is 0. The first-order chi connectivity index (χ1) is 5.43. The Morgan fingerprint density at radius 3 is 2.18 bits per heavy atom. The van der Waals surface area contributed by atoms with Gasteiger partial charge in [-0.3, -0.25) is 0 Å². The van der Waals surface area contributed by atoms with E-state index in [9.17, 15) is 0 Å². The van der Waals surface area contributed by atoms with E-state index in [1.165, 1.54) is 25.7 Å². The van der Waals surface area contributed by atoms with Gasteiger partial charge in [0.1, 0.15) is 0 Å². The molecule has 1 saturated carbocycles. The molecule has 0 bridgehead atoms. The van der Waals surface area contributed by atoms with E-state index in [-0.39, 0.29) is 0 Å². The van der Waals surface area contributed by atoms with Crippen LogP contribution < -0.4 is 0 Å². The zero-order valence-corrected chi connectivity index (χ0v) is 8.23. The zero-order chi connectivity index (χ0) is 8.53. The Hall–Kier alpha value is -0.0400. The van der Waals surface area contributed by atoms with Crippen molar-refractivity contribution in [2.45, 2.75) is 46.5 Å². The summed E-state index contributed by atoms with van der Waals surface area (Å²) in [6, 6.07) is 0. The van der Waals surface area contributed by atoms with E-state index in [2.05, 4.69) is 6.92 Å². The van der Waals surface area contributed by atoms with Crippen LogP contribution in [0.25, 0.3) is 0 Å². The van der Waals surface area contributed by atoms with Crippen molar-refractivity contribution in [2.24, 2.45) is 5.92 Å². The Morgan fingerprint density at radius 2 is 1.73 bits per heavy atom. The molecule has 1 heteroatoms. The average Bonchev–Trinajstić information content (AvgIpc) is 2.57. The first-order valence-corrected chi connectivity index (χ1v) is 5.01. The van der Waals surface area contributed by atoms with Crippen LogP contribution in [-0.2, 0) is 4.74 Å². The average molecular weight is 158 g/mol. The minimum atomic E-state index is 0.885. The molecule has 0 aromatic heterocycles. The molecule has 0 spiro atoms. The fraction of sp³-hybridized carbons (Fsp3) is 1.00. The van der Waals surface area contributed by atoms with Crippen molar-refractivity contribution in [3.8, 4) is 0 Å². The van der Waals surface area contributed by atoms with Crippen LogP contribution in [0.5, 0.6) is 0 Å². The lowest BCUT2D eigenvalue weighted by molar-refractivity contribution is 0.112. The van der Waals surface area contributed by atoms with Crippen LogP contribution in [-0.4, -0.2) is 13.2 Å². The summed E-state index contributed by atoms with van der Waals surface area (Å²) in [6.07, 6.45) is 5.66. The van der Waals surface area contributed by atoms with Crippen molar-refractivity contribution >= 4 is 0 Å². The highest BCUT2D eigenvalue weighted by molar-refractivity contribution is 4.65. The molecule has 0 radical (unpaired) electrons. The van der Waals surface area contributed by atoms with E-state index >= 15 is 0 Å². The van der Waals surface area contributed by atoms with Gasteiger partial charge < -0.3 is 4.74 Å². The van der Waals surface area contributed by atoms with Crippen LogP contribution >= 0.6 is 0 Å². The second kappa shape index (κ2) is 8.06. The van der Waals surface area contributed by atoms with Gasteiger partial charge in [0.25, 0.3) is 0 Å². The molecule has 0 aromatic rings. The van der Waals surface area contributed by atoms with Crippen molar-refractivity contribution in [3.05, 3.63) is 0 Å². The number of hydrogen-bond acceptors (Lipinski definition) is 1. The molecule has 11 heavy (non-hydrogen) atoms. The Morgan fingerprint density at radius 1 is 1.18 bits per heavy atom. The molecule has 1 aliphatic carbocycles. The van der Waals surface area contributed by atoms with E-state index in [0.717, 1.165) is 19.1 Å². The van der Waals surface area contributed by atoms with E-state index < -0.39 is 0 Å². The van der Waals surface area contributed by atoms with Crippen molar-refractivity contribution in [2.75, 3.05) is 13.2 Å². The molecule has 1 rings (SSSR count). The summed E-state index contributed by atoms with van der Waals surface area (Å²) < 4.78 is 5.32. The predicted molar refractivity (Wildman–Crippen MR) is 49.8 cm³/mol. The molecular formula is C10H22O. The standard InChI is InChI=1S/C8H16O.C2H6/c1-2-9-7-8-5-3-4-6-8;1-2/h8H,2-7H2,1H3;1-2H3. The van der Waals surface area contributed by atoms with Crippen LogP contribution in [0.2, 0.25) is 0 Å². The van der Waals surface area contributed by atoms with Gasteiger partial charge in [-0.2, -0.15) is 0 Å². The van der Waals surface area contributed by atoms with Gasteiger partial charge in [-0.15, -0.1) is 0 Å². The van der Waals surface area contributed by atoms with Crippen LogP contribution in [0.4, 0.5) is 0 Å². The maximum atomic E-state index is 5.32. The SMILES string of the molecule is CC.CCOCC1CCCC1. The summed E-state index contributed by atoms with van der Waals surface area (Å²) in [4.78, 5) is 0. The van der Waals surface area contributed by atoms with Gasteiger partial charge in [-0.1, -0.05) is 26.7 Å². The molecule has 0 N–H and O–H groups in total. The number of ether oxygens (including phenoxy) is 1. The second-order valence-electron chi connectivity index (χ2n) is 2.81. The van der Waals surface area contributed by atoms with Gasteiger partial charge in [-0.25, -0.2) is 0 Å². The lowest BCUT2D eigenvalue weighted by Gasteiger charge is -2.06. The molecule has 0 saturated heterocycles. The Bertz CT molecular complexity index is 65.3. The maximum absolute atomic E-state index is 5.32. The van der Waals surface area contributed by atoms with Gasteiger partial charge in [-0.05, 0) is 25.7 Å². The molecule has 0 aromatic carbocycles. The Labute approximate surface area is 71.1 Å². The molecule has 0 aliphatic heterocycles. The molecule has 1 fully saturated rings. The minimum Gasteiger partial charge on any atom is -0.381 e. The summed E-state index contributed by atoms with van der Waals surface area (Å²) in [6.45, 7) is 7.96. The van der Waals surface area contributed by atoms with Crippen LogP contribution in [0.1, 0.15) is 46.5 Å². The fourth-order valence-corrected chi connectivity index (χ4v) is 1.46. The normalized spacial score (nSPS) is 17.7. The van der Waals surface area contributed by atoms with Crippen LogP contribution in [0.15, 0.2) is 0 Å². The van der Waals surface area contributed by atoms with Crippen molar-refractivity contribution in [3.63, 3.8) is 0 Å². The second-order valence-corrected chi connectivity index (χ2v) is 2.81. The molecule has 0 heterocycles. The third-order valence-corrected chi connectivity index (χ3v) is 2.03. The van der Waals surface area contributed by atoms with E-state index in [1.54, 1.807) is 0 Å². The topological polar surface area (TPSA) is 9.23 Å². The number of rotatable bonds is 3. The summed E-state index contributed by atoms with van der Waals surface area (Å²) in [5.74, 6) is 0.893. The number of hydrogen-bond donors (Lipinski definition) is 0. The van der Waals surface area contributed by atoms with E-state index in [1.807, 2.05) is 13.8 Å².